The van der Waals surface area contributed by atoms with Crippen LogP contribution < -0.4 is 0 Å². The van der Waals surface area contributed by atoms with Gasteiger partial charge in [0.1, 0.15) is 0 Å². The van der Waals surface area contributed by atoms with E-state index in [1.165, 1.54) is 31.2 Å². The number of halogens is 1. The molecule has 22 heavy (non-hydrogen) atoms. The first-order chi connectivity index (χ1) is 10.8. The van der Waals surface area contributed by atoms with Crippen molar-refractivity contribution in [3.63, 3.8) is 0 Å². The van der Waals surface area contributed by atoms with E-state index < -0.39 is 0 Å². The zero-order valence-electron chi connectivity index (χ0n) is 13.3. The van der Waals surface area contributed by atoms with Crippen molar-refractivity contribution >= 4 is 11.6 Å². The van der Waals surface area contributed by atoms with Gasteiger partial charge >= 0.3 is 0 Å². The highest BCUT2D eigenvalue weighted by atomic mass is 35.5. The molecule has 3 rings (SSSR count). The lowest BCUT2D eigenvalue weighted by Crippen LogP contribution is -2.56. The van der Waals surface area contributed by atoms with Crippen molar-refractivity contribution < 1.29 is 5.11 Å². The standard InChI is InChI=1S/C18H27ClN2O/c19-18-8-4-1-5-15(18)13-20-10-11-21(16-6-2-3-7-16)17(14-20)9-12-22/h1,4-5,8,16-17,22H,2-3,6-7,9-14H2/t17-/m1/s1. The van der Waals surface area contributed by atoms with Crippen LogP contribution in [-0.4, -0.2) is 53.2 Å². The second kappa shape index (κ2) is 7.78. The lowest BCUT2D eigenvalue weighted by atomic mass is 10.0. The minimum atomic E-state index is 0.286. The Morgan fingerprint density at radius 3 is 2.64 bits per heavy atom. The summed E-state index contributed by atoms with van der Waals surface area (Å²) in [7, 11) is 0. The maximum Gasteiger partial charge on any atom is 0.0451 e. The van der Waals surface area contributed by atoms with Crippen LogP contribution >= 0.6 is 11.6 Å². The van der Waals surface area contributed by atoms with Crippen molar-refractivity contribution in [1.82, 2.24) is 9.80 Å². The second-order valence-electron chi connectivity index (χ2n) is 6.67. The van der Waals surface area contributed by atoms with Crippen molar-refractivity contribution in [1.29, 1.82) is 0 Å². The third-order valence-electron chi connectivity index (χ3n) is 5.22. The van der Waals surface area contributed by atoms with E-state index in [1.807, 2.05) is 12.1 Å². The number of hydrogen-bond donors (Lipinski definition) is 1. The Balaban J connectivity index is 1.63. The third-order valence-corrected chi connectivity index (χ3v) is 5.59. The van der Waals surface area contributed by atoms with E-state index in [0.29, 0.717) is 6.04 Å². The molecule has 1 aromatic carbocycles. The summed E-state index contributed by atoms with van der Waals surface area (Å²) in [6, 6.07) is 9.37. The molecule has 3 nitrogen and oxygen atoms in total. The zero-order chi connectivity index (χ0) is 15.4. The van der Waals surface area contributed by atoms with Crippen LogP contribution in [0.15, 0.2) is 24.3 Å². The number of benzene rings is 1. The van der Waals surface area contributed by atoms with Crippen LogP contribution in [0.3, 0.4) is 0 Å². The van der Waals surface area contributed by atoms with Gasteiger partial charge in [-0.25, -0.2) is 0 Å². The van der Waals surface area contributed by atoms with Crippen LogP contribution in [0.1, 0.15) is 37.7 Å². The van der Waals surface area contributed by atoms with Gasteiger partial charge in [-0.1, -0.05) is 42.6 Å². The number of aliphatic hydroxyl groups excluding tert-OH is 1. The van der Waals surface area contributed by atoms with Gasteiger partial charge in [0.25, 0.3) is 0 Å². The molecule has 1 aromatic rings. The van der Waals surface area contributed by atoms with Gasteiger partial charge in [0.15, 0.2) is 0 Å². The van der Waals surface area contributed by atoms with E-state index in [-0.39, 0.29) is 6.61 Å². The van der Waals surface area contributed by atoms with Gasteiger partial charge < -0.3 is 5.11 Å². The van der Waals surface area contributed by atoms with Gasteiger partial charge in [0.05, 0.1) is 0 Å². The molecular weight excluding hydrogens is 296 g/mol. The van der Waals surface area contributed by atoms with Crippen LogP contribution in [0.25, 0.3) is 0 Å². The van der Waals surface area contributed by atoms with Crippen LogP contribution in [0.2, 0.25) is 5.02 Å². The summed E-state index contributed by atoms with van der Waals surface area (Å²) in [5.74, 6) is 0. The van der Waals surface area contributed by atoms with E-state index >= 15 is 0 Å². The second-order valence-corrected chi connectivity index (χ2v) is 7.08. The monoisotopic (exact) mass is 322 g/mol. The summed E-state index contributed by atoms with van der Waals surface area (Å²) >= 11 is 6.30. The molecule has 1 atom stereocenters. The molecule has 1 saturated heterocycles. The Bertz CT molecular complexity index is 476. The van der Waals surface area contributed by atoms with E-state index in [2.05, 4.69) is 21.9 Å². The fraction of sp³-hybridized carbons (Fsp3) is 0.667. The van der Waals surface area contributed by atoms with E-state index in [1.54, 1.807) is 0 Å². The van der Waals surface area contributed by atoms with Crippen molar-refractivity contribution in [2.45, 2.75) is 50.7 Å². The molecule has 0 unspecified atom stereocenters. The van der Waals surface area contributed by atoms with Gasteiger partial charge in [0, 0.05) is 49.9 Å². The molecular formula is C18H27ClN2O. The maximum atomic E-state index is 9.43. The van der Waals surface area contributed by atoms with Crippen LogP contribution in [-0.2, 0) is 6.54 Å². The van der Waals surface area contributed by atoms with E-state index in [9.17, 15) is 5.11 Å². The summed E-state index contributed by atoms with van der Waals surface area (Å²) in [5.41, 5.74) is 1.21. The lowest BCUT2D eigenvalue weighted by molar-refractivity contribution is 0.0267. The van der Waals surface area contributed by atoms with Crippen molar-refractivity contribution in [3.05, 3.63) is 34.9 Å². The summed E-state index contributed by atoms with van der Waals surface area (Å²) < 4.78 is 0. The van der Waals surface area contributed by atoms with Gasteiger partial charge in [0.2, 0.25) is 0 Å². The van der Waals surface area contributed by atoms with E-state index in [0.717, 1.165) is 43.7 Å². The summed E-state index contributed by atoms with van der Waals surface area (Å²) in [5, 5.41) is 10.3. The van der Waals surface area contributed by atoms with Gasteiger partial charge in [-0.2, -0.15) is 0 Å². The molecule has 1 saturated carbocycles. The molecule has 1 aliphatic carbocycles. The molecule has 1 N–H and O–H groups in total. The average Bonchev–Trinajstić information content (AvgIpc) is 3.04. The molecule has 4 heteroatoms. The largest absolute Gasteiger partial charge is 0.396 e. The first-order valence-electron chi connectivity index (χ1n) is 8.60. The molecule has 0 amide bonds. The van der Waals surface area contributed by atoms with Crippen molar-refractivity contribution in [2.24, 2.45) is 0 Å². The Kier molecular flexibility index (Phi) is 5.75. The maximum absolute atomic E-state index is 9.43. The Morgan fingerprint density at radius 1 is 1.14 bits per heavy atom. The number of nitrogens with zero attached hydrogens (tertiary/aromatic N) is 2. The number of hydrogen-bond acceptors (Lipinski definition) is 3. The molecule has 0 radical (unpaired) electrons. The summed E-state index contributed by atoms with van der Waals surface area (Å²) in [6.07, 6.45) is 6.31. The van der Waals surface area contributed by atoms with Crippen molar-refractivity contribution in [2.75, 3.05) is 26.2 Å². The zero-order valence-corrected chi connectivity index (χ0v) is 14.0. The summed E-state index contributed by atoms with van der Waals surface area (Å²) in [4.78, 5) is 5.17. The van der Waals surface area contributed by atoms with Gasteiger partial charge in [-0.15, -0.1) is 0 Å². The minimum absolute atomic E-state index is 0.286. The van der Waals surface area contributed by atoms with E-state index in [4.69, 9.17) is 11.6 Å². The van der Waals surface area contributed by atoms with Crippen LogP contribution in [0.4, 0.5) is 0 Å². The predicted molar refractivity (Wildman–Crippen MR) is 91.2 cm³/mol. The van der Waals surface area contributed by atoms with Crippen LogP contribution in [0.5, 0.6) is 0 Å². The Labute approximate surface area is 138 Å². The highest BCUT2D eigenvalue weighted by Gasteiger charge is 2.32. The lowest BCUT2D eigenvalue weighted by Gasteiger charge is -2.44. The fourth-order valence-electron chi connectivity index (χ4n) is 4.07. The highest BCUT2D eigenvalue weighted by Crippen LogP contribution is 2.28. The molecule has 0 aromatic heterocycles. The Morgan fingerprint density at radius 2 is 1.91 bits per heavy atom. The van der Waals surface area contributed by atoms with Crippen molar-refractivity contribution in [3.8, 4) is 0 Å². The summed E-state index contributed by atoms with van der Waals surface area (Å²) in [6.45, 7) is 4.47. The number of rotatable bonds is 5. The molecule has 2 fully saturated rings. The van der Waals surface area contributed by atoms with Crippen LogP contribution in [0, 0.1) is 0 Å². The first-order valence-corrected chi connectivity index (χ1v) is 8.98. The quantitative estimate of drug-likeness (QED) is 0.902. The first kappa shape index (κ1) is 16.3. The topological polar surface area (TPSA) is 26.7 Å². The molecule has 1 aliphatic heterocycles. The molecule has 2 aliphatic rings. The molecule has 122 valence electrons. The predicted octanol–water partition coefficient (Wildman–Crippen LogP) is 3.15. The molecule has 0 bridgehead atoms. The molecule has 1 heterocycles. The average molecular weight is 323 g/mol. The SMILES string of the molecule is OCC[C@@H]1CN(Cc2ccccc2Cl)CCN1C1CCCC1. The number of piperazine rings is 1. The third kappa shape index (κ3) is 3.83. The smallest absolute Gasteiger partial charge is 0.0451 e. The Hall–Kier alpha value is -0.610. The minimum Gasteiger partial charge on any atom is -0.396 e. The molecule has 0 spiro atoms. The highest BCUT2D eigenvalue weighted by molar-refractivity contribution is 6.31. The number of aliphatic hydroxyl groups is 1. The van der Waals surface area contributed by atoms with Gasteiger partial charge in [-0.05, 0) is 30.9 Å². The normalized spacial score (nSPS) is 24.9. The van der Waals surface area contributed by atoms with Gasteiger partial charge in [-0.3, -0.25) is 9.80 Å². The fourth-order valence-corrected chi connectivity index (χ4v) is 4.26.